The molecule has 1 aliphatic heterocycles. The molecule has 0 spiro atoms. The van der Waals surface area contributed by atoms with Gasteiger partial charge in [-0.15, -0.1) is 12.4 Å². The summed E-state index contributed by atoms with van der Waals surface area (Å²) >= 11 is 8.33. The van der Waals surface area contributed by atoms with Crippen LogP contribution < -0.4 is 5.32 Å². The van der Waals surface area contributed by atoms with Crippen molar-refractivity contribution in [2.24, 2.45) is 0 Å². The molecule has 1 unspecified atom stereocenters. The lowest BCUT2D eigenvalue weighted by Crippen LogP contribution is -2.46. The summed E-state index contributed by atoms with van der Waals surface area (Å²) in [6, 6.07) is 8.64. The number of rotatable bonds is 5. The summed E-state index contributed by atoms with van der Waals surface area (Å²) < 4.78 is 0. The molecule has 19 heavy (non-hydrogen) atoms. The van der Waals surface area contributed by atoms with Crippen LogP contribution in [0.1, 0.15) is 18.5 Å². The lowest BCUT2D eigenvalue weighted by Gasteiger charge is -2.36. The van der Waals surface area contributed by atoms with E-state index >= 15 is 0 Å². The fourth-order valence-electron chi connectivity index (χ4n) is 2.39. The number of nitrogens with one attached hydrogen (secondary N) is 1. The Bertz CT molecular complexity index is 376. The van der Waals surface area contributed by atoms with Crippen molar-refractivity contribution in [3.05, 3.63) is 34.9 Å². The third-order valence-corrected chi connectivity index (χ3v) is 4.57. The minimum Gasteiger partial charge on any atom is -0.314 e. The largest absolute Gasteiger partial charge is 0.314 e. The Balaban J connectivity index is 0.00000180. The zero-order valence-electron chi connectivity index (χ0n) is 11.3. The van der Waals surface area contributed by atoms with Crippen molar-refractivity contribution in [2.75, 3.05) is 37.7 Å². The molecule has 2 nitrogen and oxygen atoms in total. The maximum Gasteiger partial charge on any atom is 0.0488 e. The van der Waals surface area contributed by atoms with E-state index in [4.69, 9.17) is 11.6 Å². The van der Waals surface area contributed by atoms with E-state index in [0.717, 1.165) is 31.2 Å². The van der Waals surface area contributed by atoms with Crippen molar-refractivity contribution >= 4 is 35.8 Å². The van der Waals surface area contributed by atoms with Gasteiger partial charge in [-0.3, -0.25) is 4.90 Å². The van der Waals surface area contributed by atoms with Crippen LogP contribution in [0.4, 0.5) is 0 Å². The monoisotopic (exact) mass is 320 g/mol. The first-order chi connectivity index (χ1) is 8.83. The fourth-order valence-corrected chi connectivity index (χ4v) is 3.31. The summed E-state index contributed by atoms with van der Waals surface area (Å²) in [7, 11) is 0. The molecule has 1 aliphatic rings. The molecule has 0 aliphatic carbocycles. The number of hydrogen-bond acceptors (Lipinski definition) is 3. The molecular formula is C14H22Cl2N2S. The topological polar surface area (TPSA) is 15.3 Å². The van der Waals surface area contributed by atoms with Crippen LogP contribution in [0.25, 0.3) is 0 Å². The molecular weight excluding hydrogens is 299 g/mol. The normalized spacial score (nSPS) is 20.0. The highest BCUT2D eigenvalue weighted by Crippen LogP contribution is 2.28. The quantitative estimate of drug-likeness (QED) is 0.836. The Morgan fingerprint density at radius 1 is 1.42 bits per heavy atom. The molecule has 0 radical (unpaired) electrons. The second kappa shape index (κ2) is 9.09. The molecule has 1 fully saturated rings. The maximum atomic E-state index is 6.32. The molecule has 2 rings (SSSR count). The zero-order chi connectivity index (χ0) is 12.8. The van der Waals surface area contributed by atoms with Crippen LogP contribution in [0, 0.1) is 0 Å². The van der Waals surface area contributed by atoms with Gasteiger partial charge in [0.25, 0.3) is 0 Å². The van der Waals surface area contributed by atoms with Gasteiger partial charge in [-0.1, -0.05) is 36.7 Å². The van der Waals surface area contributed by atoms with Crippen molar-refractivity contribution in [3.8, 4) is 0 Å². The summed E-state index contributed by atoms with van der Waals surface area (Å²) in [4.78, 5) is 2.56. The predicted molar refractivity (Wildman–Crippen MR) is 88.9 cm³/mol. The number of thioether (sulfide) groups is 1. The molecule has 0 aromatic heterocycles. The van der Waals surface area contributed by atoms with E-state index in [1.54, 1.807) is 0 Å². The number of nitrogens with zero attached hydrogens (tertiary/aromatic N) is 1. The first-order valence-electron chi connectivity index (χ1n) is 6.60. The molecule has 1 saturated heterocycles. The van der Waals surface area contributed by atoms with Gasteiger partial charge >= 0.3 is 0 Å². The van der Waals surface area contributed by atoms with Crippen molar-refractivity contribution in [1.82, 2.24) is 10.2 Å². The highest BCUT2D eigenvalue weighted by atomic mass is 35.5. The van der Waals surface area contributed by atoms with E-state index in [1.807, 2.05) is 23.9 Å². The Labute approximate surface area is 131 Å². The van der Waals surface area contributed by atoms with Gasteiger partial charge in [0.2, 0.25) is 0 Å². The summed E-state index contributed by atoms with van der Waals surface area (Å²) in [5, 5.41) is 4.36. The van der Waals surface area contributed by atoms with Crippen LogP contribution in [0.15, 0.2) is 24.3 Å². The molecule has 0 saturated carbocycles. The third kappa shape index (κ3) is 4.83. The standard InChI is InChI=1S/C14H21ClN2S.ClH/c1-2-18-10-9-17-8-7-16-11-14(17)12-5-3-4-6-13(12)15;/h3-6,14,16H,2,7-11H2,1H3;1H. The molecule has 1 N–H and O–H groups in total. The van der Waals surface area contributed by atoms with Crippen LogP contribution in [0.3, 0.4) is 0 Å². The van der Waals surface area contributed by atoms with Crippen LogP contribution >= 0.6 is 35.8 Å². The Morgan fingerprint density at radius 3 is 2.95 bits per heavy atom. The van der Waals surface area contributed by atoms with Gasteiger partial charge in [-0.2, -0.15) is 11.8 Å². The van der Waals surface area contributed by atoms with Gasteiger partial charge in [-0.25, -0.2) is 0 Å². The van der Waals surface area contributed by atoms with Crippen molar-refractivity contribution in [2.45, 2.75) is 13.0 Å². The van der Waals surface area contributed by atoms with Gasteiger partial charge in [0.1, 0.15) is 0 Å². The van der Waals surface area contributed by atoms with E-state index in [0.29, 0.717) is 6.04 Å². The highest BCUT2D eigenvalue weighted by molar-refractivity contribution is 7.99. The van der Waals surface area contributed by atoms with Crippen molar-refractivity contribution in [3.63, 3.8) is 0 Å². The summed E-state index contributed by atoms with van der Waals surface area (Å²) in [6.07, 6.45) is 0. The van der Waals surface area contributed by atoms with Crippen LogP contribution in [-0.4, -0.2) is 42.6 Å². The molecule has 5 heteroatoms. The molecule has 1 aromatic carbocycles. The lowest BCUT2D eigenvalue weighted by molar-refractivity contribution is 0.172. The van der Waals surface area contributed by atoms with E-state index in [2.05, 4.69) is 29.3 Å². The number of benzene rings is 1. The molecule has 1 aromatic rings. The average Bonchev–Trinajstić information content (AvgIpc) is 2.40. The minimum absolute atomic E-state index is 0. The lowest BCUT2D eigenvalue weighted by atomic mass is 10.0. The van der Waals surface area contributed by atoms with Crippen LogP contribution in [0.5, 0.6) is 0 Å². The molecule has 1 heterocycles. The van der Waals surface area contributed by atoms with Gasteiger partial charge in [-0.05, 0) is 17.4 Å². The fraction of sp³-hybridized carbons (Fsp3) is 0.571. The molecule has 108 valence electrons. The first kappa shape index (κ1) is 17.1. The number of piperazine rings is 1. The second-order valence-electron chi connectivity index (χ2n) is 4.47. The Kier molecular flexibility index (Phi) is 8.19. The smallest absolute Gasteiger partial charge is 0.0488 e. The molecule has 0 bridgehead atoms. The molecule has 0 amide bonds. The number of hydrogen-bond donors (Lipinski definition) is 1. The summed E-state index contributed by atoms with van der Waals surface area (Å²) in [5.41, 5.74) is 1.26. The Hall–Kier alpha value is 0.0700. The van der Waals surface area contributed by atoms with Gasteiger partial charge in [0.05, 0.1) is 0 Å². The molecule has 1 atom stereocenters. The SMILES string of the molecule is CCSCCN1CCNCC1c1ccccc1Cl.Cl. The number of halogens is 2. The van der Waals surface area contributed by atoms with Gasteiger partial charge < -0.3 is 5.32 Å². The van der Waals surface area contributed by atoms with E-state index in [9.17, 15) is 0 Å². The van der Waals surface area contributed by atoms with E-state index in [-0.39, 0.29) is 12.4 Å². The van der Waals surface area contributed by atoms with Gasteiger partial charge in [0.15, 0.2) is 0 Å². The Morgan fingerprint density at radius 2 is 2.21 bits per heavy atom. The average molecular weight is 321 g/mol. The predicted octanol–water partition coefficient (Wildman–Crippen LogP) is 3.46. The van der Waals surface area contributed by atoms with Crippen LogP contribution in [0.2, 0.25) is 5.02 Å². The van der Waals surface area contributed by atoms with E-state index in [1.165, 1.54) is 17.1 Å². The minimum atomic E-state index is 0. The first-order valence-corrected chi connectivity index (χ1v) is 8.13. The highest BCUT2D eigenvalue weighted by Gasteiger charge is 2.24. The van der Waals surface area contributed by atoms with Crippen molar-refractivity contribution in [1.29, 1.82) is 0 Å². The van der Waals surface area contributed by atoms with E-state index < -0.39 is 0 Å². The summed E-state index contributed by atoms with van der Waals surface area (Å²) in [5.74, 6) is 2.40. The summed E-state index contributed by atoms with van der Waals surface area (Å²) in [6.45, 7) is 6.56. The zero-order valence-corrected chi connectivity index (χ0v) is 13.7. The van der Waals surface area contributed by atoms with Gasteiger partial charge in [0, 0.05) is 43.0 Å². The van der Waals surface area contributed by atoms with Crippen LogP contribution in [-0.2, 0) is 0 Å². The third-order valence-electron chi connectivity index (χ3n) is 3.35. The second-order valence-corrected chi connectivity index (χ2v) is 6.28. The maximum absolute atomic E-state index is 6.32. The van der Waals surface area contributed by atoms with Crippen molar-refractivity contribution < 1.29 is 0 Å².